The van der Waals surface area contributed by atoms with E-state index in [4.69, 9.17) is 4.42 Å². The second-order valence-corrected chi connectivity index (χ2v) is 4.84. The van der Waals surface area contributed by atoms with Gasteiger partial charge in [-0.2, -0.15) is 0 Å². The molecule has 2 aromatic rings. The molecule has 0 spiro atoms. The molecule has 2 rings (SSSR count). The Bertz CT molecular complexity index is 486. The topological polar surface area (TPSA) is 71.2 Å². The lowest BCUT2D eigenvalue weighted by Gasteiger charge is -2.27. The minimum Gasteiger partial charge on any atom is -0.423 e. The van der Waals surface area contributed by atoms with Crippen LogP contribution in [-0.4, -0.2) is 26.9 Å². The van der Waals surface area contributed by atoms with Crippen LogP contribution >= 0.6 is 0 Å². The van der Waals surface area contributed by atoms with E-state index in [1.165, 1.54) is 6.39 Å². The number of hydrogen-bond donors (Lipinski definition) is 2. The Morgan fingerprint density at radius 1 is 1.28 bits per heavy atom. The Morgan fingerprint density at radius 3 is 2.44 bits per heavy atom. The Hall–Kier alpha value is -1.88. The number of aromatic nitrogens is 2. The van der Waals surface area contributed by atoms with Gasteiger partial charge in [-0.25, -0.2) is 0 Å². The van der Waals surface area contributed by atoms with Crippen molar-refractivity contribution in [3.05, 3.63) is 30.7 Å². The summed E-state index contributed by atoms with van der Waals surface area (Å²) in [5.74, 6) is 0.497. The van der Waals surface area contributed by atoms with E-state index >= 15 is 0 Å². The van der Waals surface area contributed by atoms with Crippen molar-refractivity contribution in [2.75, 3.05) is 5.32 Å². The summed E-state index contributed by atoms with van der Waals surface area (Å²) < 4.78 is 5.11. The van der Waals surface area contributed by atoms with Crippen LogP contribution in [0.25, 0.3) is 11.5 Å². The van der Waals surface area contributed by atoms with E-state index in [9.17, 15) is 5.11 Å². The summed E-state index contributed by atoms with van der Waals surface area (Å²) in [5, 5.41) is 20.6. The Kier molecular flexibility index (Phi) is 3.34. The third-order valence-corrected chi connectivity index (χ3v) is 2.93. The molecule has 0 aliphatic heterocycles. The Balaban J connectivity index is 2.09. The zero-order valence-electron chi connectivity index (χ0n) is 10.7. The molecule has 1 unspecified atom stereocenters. The van der Waals surface area contributed by atoms with Crippen LogP contribution in [0.5, 0.6) is 0 Å². The molecule has 0 bridgehead atoms. The fourth-order valence-electron chi connectivity index (χ4n) is 1.43. The number of nitrogens with zero attached hydrogens (tertiary/aromatic N) is 2. The third-order valence-electron chi connectivity index (χ3n) is 2.93. The van der Waals surface area contributed by atoms with Crippen molar-refractivity contribution >= 4 is 5.69 Å². The van der Waals surface area contributed by atoms with Crippen LogP contribution in [0.4, 0.5) is 5.69 Å². The molecule has 0 fully saturated rings. The first kappa shape index (κ1) is 12.6. The first-order valence-electron chi connectivity index (χ1n) is 5.82. The fourth-order valence-corrected chi connectivity index (χ4v) is 1.43. The standard InChI is InChI=1S/C13H17N3O2/c1-9(13(2,3)17)15-11-6-4-10(5-7-11)12-16-14-8-18-12/h4-9,15,17H,1-3H3. The second kappa shape index (κ2) is 4.78. The van der Waals surface area contributed by atoms with Gasteiger partial charge < -0.3 is 14.8 Å². The van der Waals surface area contributed by atoms with E-state index in [-0.39, 0.29) is 6.04 Å². The van der Waals surface area contributed by atoms with E-state index in [0.29, 0.717) is 5.89 Å². The molecule has 0 saturated heterocycles. The van der Waals surface area contributed by atoms with E-state index in [1.54, 1.807) is 13.8 Å². The average molecular weight is 247 g/mol. The third kappa shape index (κ3) is 2.87. The smallest absolute Gasteiger partial charge is 0.247 e. The number of hydrogen-bond acceptors (Lipinski definition) is 5. The van der Waals surface area contributed by atoms with E-state index < -0.39 is 5.60 Å². The fraction of sp³-hybridized carbons (Fsp3) is 0.385. The van der Waals surface area contributed by atoms with E-state index in [1.807, 2.05) is 31.2 Å². The predicted molar refractivity (Wildman–Crippen MR) is 69.1 cm³/mol. The van der Waals surface area contributed by atoms with Gasteiger partial charge in [0, 0.05) is 11.3 Å². The van der Waals surface area contributed by atoms with Crippen molar-refractivity contribution in [1.29, 1.82) is 0 Å². The van der Waals surface area contributed by atoms with E-state index in [0.717, 1.165) is 11.3 Å². The highest BCUT2D eigenvalue weighted by molar-refractivity contribution is 5.58. The van der Waals surface area contributed by atoms with Crippen LogP contribution in [0, 0.1) is 0 Å². The van der Waals surface area contributed by atoms with Crippen molar-refractivity contribution in [2.24, 2.45) is 0 Å². The predicted octanol–water partition coefficient (Wildman–Crippen LogP) is 2.31. The summed E-state index contributed by atoms with van der Waals surface area (Å²) in [6.45, 7) is 5.49. The number of anilines is 1. The SMILES string of the molecule is CC(Nc1ccc(-c2nnco2)cc1)C(C)(C)O. The molecular weight excluding hydrogens is 230 g/mol. The van der Waals surface area contributed by atoms with Gasteiger partial charge in [-0.15, -0.1) is 10.2 Å². The maximum absolute atomic E-state index is 9.86. The summed E-state index contributed by atoms with van der Waals surface area (Å²) in [4.78, 5) is 0. The molecule has 0 aliphatic rings. The summed E-state index contributed by atoms with van der Waals surface area (Å²) in [7, 11) is 0. The quantitative estimate of drug-likeness (QED) is 0.867. The first-order valence-corrected chi connectivity index (χ1v) is 5.82. The molecule has 0 saturated carbocycles. The number of benzene rings is 1. The summed E-state index contributed by atoms with van der Waals surface area (Å²) in [5.41, 5.74) is 1.03. The molecular formula is C13H17N3O2. The summed E-state index contributed by atoms with van der Waals surface area (Å²) >= 11 is 0. The molecule has 0 radical (unpaired) electrons. The van der Waals surface area contributed by atoms with Gasteiger partial charge in [0.2, 0.25) is 12.3 Å². The van der Waals surface area contributed by atoms with Crippen molar-refractivity contribution in [1.82, 2.24) is 10.2 Å². The zero-order valence-corrected chi connectivity index (χ0v) is 10.7. The monoisotopic (exact) mass is 247 g/mol. The van der Waals surface area contributed by atoms with Crippen molar-refractivity contribution in [2.45, 2.75) is 32.4 Å². The Labute approximate surface area is 106 Å². The molecule has 5 heteroatoms. The average Bonchev–Trinajstić information content (AvgIpc) is 2.82. The molecule has 2 N–H and O–H groups in total. The highest BCUT2D eigenvalue weighted by atomic mass is 16.4. The van der Waals surface area contributed by atoms with Gasteiger partial charge in [0.05, 0.1) is 11.6 Å². The van der Waals surface area contributed by atoms with Crippen LogP contribution in [-0.2, 0) is 0 Å². The van der Waals surface area contributed by atoms with Crippen LogP contribution in [0.2, 0.25) is 0 Å². The highest BCUT2D eigenvalue weighted by Gasteiger charge is 2.21. The van der Waals surface area contributed by atoms with Gasteiger partial charge in [0.1, 0.15) is 0 Å². The van der Waals surface area contributed by atoms with Gasteiger partial charge in [0.25, 0.3) is 0 Å². The molecule has 0 amide bonds. The zero-order chi connectivity index (χ0) is 13.2. The second-order valence-electron chi connectivity index (χ2n) is 4.84. The Morgan fingerprint density at radius 2 is 1.94 bits per heavy atom. The molecule has 18 heavy (non-hydrogen) atoms. The molecule has 96 valence electrons. The van der Waals surface area contributed by atoms with Crippen molar-refractivity contribution in [3.8, 4) is 11.5 Å². The van der Waals surface area contributed by atoms with Gasteiger partial charge in [-0.05, 0) is 45.0 Å². The summed E-state index contributed by atoms with van der Waals surface area (Å²) in [6, 6.07) is 7.58. The van der Waals surface area contributed by atoms with Crippen LogP contribution in [0.15, 0.2) is 35.1 Å². The normalized spacial score (nSPS) is 13.3. The first-order chi connectivity index (χ1) is 8.47. The lowest BCUT2D eigenvalue weighted by atomic mass is 10.0. The largest absolute Gasteiger partial charge is 0.423 e. The molecule has 1 heterocycles. The minimum atomic E-state index is -0.773. The van der Waals surface area contributed by atoms with Crippen molar-refractivity contribution in [3.63, 3.8) is 0 Å². The molecule has 1 aromatic carbocycles. The van der Waals surface area contributed by atoms with Gasteiger partial charge in [-0.3, -0.25) is 0 Å². The van der Waals surface area contributed by atoms with Crippen molar-refractivity contribution < 1.29 is 9.52 Å². The maximum atomic E-state index is 9.86. The minimum absolute atomic E-state index is 0.0493. The lowest BCUT2D eigenvalue weighted by molar-refractivity contribution is 0.0649. The molecule has 5 nitrogen and oxygen atoms in total. The number of nitrogens with one attached hydrogen (secondary N) is 1. The number of rotatable bonds is 4. The van der Waals surface area contributed by atoms with Gasteiger partial charge >= 0.3 is 0 Å². The summed E-state index contributed by atoms with van der Waals surface area (Å²) in [6.07, 6.45) is 1.30. The van der Waals surface area contributed by atoms with Gasteiger partial charge in [0.15, 0.2) is 0 Å². The highest BCUT2D eigenvalue weighted by Crippen LogP contribution is 2.21. The van der Waals surface area contributed by atoms with E-state index in [2.05, 4.69) is 15.5 Å². The molecule has 1 aromatic heterocycles. The van der Waals surface area contributed by atoms with Gasteiger partial charge in [-0.1, -0.05) is 0 Å². The molecule has 1 atom stereocenters. The molecule has 0 aliphatic carbocycles. The van der Waals surface area contributed by atoms with Crippen LogP contribution in [0.1, 0.15) is 20.8 Å². The number of aliphatic hydroxyl groups is 1. The lowest BCUT2D eigenvalue weighted by Crippen LogP contribution is -2.39. The maximum Gasteiger partial charge on any atom is 0.247 e. The van der Waals surface area contributed by atoms with Crippen LogP contribution in [0.3, 0.4) is 0 Å². The van der Waals surface area contributed by atoms with Crippen LogP contribution < -0.4 is 5.32 Å².